The monoisotopic (exact) mass is 434 g/mol. The van der Waals surface area contributed by atoms with E-state index in [0.29, 0.717) is 31.7 Å². The van der Waals surface area contributed by atoms with Crippen molar-refractivity contribution in [1.82, 2.24) is 4.98 Å². The molecule has 4 saturated carbocycles. The molecule has 0 unspecified atom stereocenters. The third kappa shape index (κ3) is 3.55. The highest BCUT2D eigenvalue weighted by Crippen LogP contribution is 2.73. The molecule has 6 heteroatoms. The highest BCUT2D eigenvalue weighted by atomic mass is 16.5. The first kappa shape index (κ1) is 21.0. The zero-order valence-electron chi connectivity index (χ0n) is 18.5. The number of pyridine rings is 1. The number of rotatable bonds is 7. The second kappa shape index (κ2) is 7.91. The van der Waals surface area contributed by atoms with Crippen molar-refractivity contribution in [2.45, 2.75) is 51.4 Å². The Kier molecular flexibility index (Phi) is 5.19. The second-order valence-electron chi connectivity index (χ2n) is 10.0. The van der Waals surface area contributed by atoms with Gasteiger partial charge in [0.15, 0.2) is 0 Å². The van der Waals surface area contributed by atoms with E-state index in [1.165, 1.54) is 6.42 Å². The average molecular weight is 435 g/mol. The van der Waals surface area contributed by atoms with Gasteiger partial charge in [0.25, 0.3) is 0 Å². The molecule has 4 fully saturated rings. The molecule has 0 aliphatic heterocycles. The summed E-state index contributed by atoms with van der Waals surface area (Å²) in [7, 11) is 1.60. The molecule has 32 heavy (non-hydrogen) atoms. The van der Waals surface area contributed by atoms with Crippen molar-refractivity contribution in [3.05, 3.63) is 42.6 Å². The van der Waals surface area contributed by atoms with Crippen LogP contribution in [0, 0.1) is 16.7 Å². The fraction of sp³-hybridized carbons (Fsp3) is 0.500. The molecule has 4 aliphatic carbocycles. The number of aliphatic carboxylic acids is 1. The number of hydrogen-bond donors (Lipinski definition) is 1. The fourth-order valence-corrected chi connectivity index (χ4v) is 6.15. The molecule has 1 aromatic carbocycles. The van der Waals surface area contributed by atoms with Crippen molar-refractivity contribution in [1.29, 1.82) is 0 Å². The smallest absolute Gasteiger partial charge is 0.309 e. The molecule has 1 N–H and O–H groups in total. The number of carboxylic acids is 1. The van der Waals surface area contributed by atoms with Crippen LogP contribution in [0.15, 0.2) is 42.6 Å². The van der Waals surface area contributed by atoms with Gasteiger partial charge in [-0.3, -0.25) is 9.59 Å². The molecule has 1 amide bonds. The molecule has 0 atom stereocenters. The molecule has 1 heterocycles. The van der Waals surface area contributed by atoms with Gasteiger partial charge in [-0.2, -0.15) is 0 Å². The van der Waals surface area contributed by atoms with Crippen LogP contribution in [0.25, 0.3) is 11.1 Å². The van der Waals surface area contributed by atoms with Crippen molar-refractivity contribution >= 4 is 17.6 Å². The molecule has 0 spiro atoms. The molecule has 6 rings (SSSR count). The molecule has 6 nitrogen and oxygen atoms in total. The van der Waals surface area contributed by atoms with Crippen LogP contribution in [0.2, 0.25) is 0 Å². The Morgan fingerprint density at radius 2 is 1.81 bits per heavy atom. The molecule has 0 saturated heterocycles. The third-order valence-electron chi connectivity index (χ3n) is 7.74. The number of carbonyl (C=O) groups excluding carboxylic acids is 1. The number of hydrogen-bond acceptors (Lipinski definition) is 4. The van der Waals surface area contributed by atoms with Crippen LogP contribution in [0.5, 0.6) is 5.88 Å². The molecular weight excluding hydrogens is 404 g/mol. The summed E-state index contributed by atoms with van der Waals surface area (Å²) < 4.78 is 5.27. The first-order chi connectivity index (χ1) is 15.4. The largest absolute Gasteiger partial charge is 0.481 e. The predicted molar refractivity (Wildman–Crippen MR) is 122 cm³/mol. The standard InChI is InChI=1S/C26H30N2O4/c1-32-22-13-20(10-11-27-22)19-8-5-9-21(12-19)28(23(29)18-6-3-2-4-7-18)17-25-14-26(15-25,16-25)24(30)31/h5,8-13,18H,2-4,6-7,14-17H2,1H3,(H,30,31). The van der Waals surface area contributed by atoms with E-state index in [2.05, 4.69) is 11.1 Å². The summed E-state index contributed by atoms with van der Waals surface area (Å²) in [5, 5.41) is 9.52. The van der Waals surface area contributed by atoms with E-state index in [1.807, 2.05) is 35.2 Å². The number of benzene rings is 1. The van der Waals surface area contributed by atoms with Gasteiger partial charge in [-0.05, 0) is 66.8 Å². The van der Waals surface area contributed by atoms with Crippen LogP contribution in [0.1, 0.15) is 51.4 Å². The average Bonchev–Trinajstić information content (AvgIpc) is 2.77. The lowest BCUT2D eigenvalue weighted by atomic mass is 9.35. The van der Waals surface area contributed by atoms with Crippen molar-refractivity contribution in [3.63, 3.8) is 0 Å². The van der Waals surface area contributed by atoms with Crippen molar-refractivity contribution in [2.75, 3.05) is 18.6 Å². The summed E-state index contributed by atoms with van der Waals surface area (Å²) in [6, 6.07) is 11.9. The fourth-order valence-electron chi connectivity index (χ4n) is 6.15. The van der Waals surface area contributed by atoms with Gasteiger partial charge >= 0.3 is 5.97 Å². The summed E-state index contributed by atoms with van der Waals surface area (Å²) in [5.41, 5.74) is 2.31. The van der Waals surface area contributed by atoms with E-state index >= 15 is 0 Å². The Hall–Kier alpha value is -2.89. The SMILES string of the molecule is COc1cc(-c2cccc(N(CC34CC(C(=O)O)(C3)C4)C(=O)C3CCCCC3)c2)ccn1. The number of aromatic nitrogens is 1. The van der Waals surface area contributed by atoms with Crippen molar-refractivity contribution < 1.29 is 19.4 Å². The minimum absolute atomic E-state index is 0.0430. The van der Waals surface area contributed by atoms with Gasteiger partial charge in [0.2, 0.25) is 11.8 Å². The van der Waals surface area contributed by atoms with Gasteiger partial charge in [0.05, 0.1) is 12.5 Å². The van der Waals surface area contributed by atoms with Crippen LogP contribution in [-0.4, -0.2) is 35.6 Å². The number of anilines is 1. The first-order valence-electron chi connectivity index (χ1n) is 11.6. The van der Waals surface area contributed by atoms with Gasteiger partial charge in [0, 0.05) is 30.4 Å². The van der Waals surface area contributed by atoms with E-state index in [9.17, 15) is 14.7 Å². The van der Waals surface area contributed by atoms with Crippen LogP contribution in [-0.2, 0) is 9.59 Å². The Bertz CT molecular complexity index is 1020. The maximum absolute atomic E-state index is 13.7. The van der Waals surface area contributed by atoms with Crippen LogP contribution >= 0.6 is 0 Å². The minimum Gasteiger partial charge on any atom is -0.481 e. The van der Waals surface area contributed by atoms with E-state index in [0.717, 1.165) is 42.5 Å². The van der Waals surface area contributed by atoms with Crippen molar-refractivity contribution in [2.24, 2.45) is 16.7 Å². The predicted octanol–water partition coefficient (Wildman–Crippen LogP) is 4.93. The Labute approximate surface area is 188 Å². The van der Waals surface area contributed by atoms with E-state index < -0.39 is 11.4 Å². The number of ether oxygens (including phenoxy) is 1. The van der Waals surface area contributed by atoms with Gasteiger partial charge in [-0.15, -0.1) is 0 Å². The van der Waals surface area contributed by atoms with Crippen LogP contribution in [0.4, 0.5) is 5.69 Å². The molecular formula is C26H30N2O4. The maximum Gasteiger partial charge on any atom is 0.309 e. The van der Waals surface area contributed by atoms with E-state index in [1.54, 1.807) is 13.3 Å². The summed E-state index contributed by atoms with van der Waals surface area (Å²) in [4.78, 5) is 31.4. The van der Waals surface area contributed by atoms with Gasteiger partial charge in [0.1, 0.15) is 0 Å². The summed E-state index contributed by atoms with van der Waals surface area (Å²) in [6.07, 6.45) is 9.09. The lowest BCUT2D eigenvalue weighted by Crippen LogP contribution is -2.69. The van der Waals surface area contributed by atoms with Gasteiger partial charge in [-0.25, -0.2) is 4.98 Å². The molecule has 2 bridgehead atoms. The minimum atomic E-state index is -0.682. The number of methoxy groups -OCH3 is 1. The number of nitrogens with zero attached hydrogens (tertiary/aromatic N) is 2. The highest BCUT2D eigenvalue weighted by Gasteiger charge is 2.72. The molecule has 1 aromatic heterocycles. The Balaban J connectivity index is 1.44. The van der Waals surface area contributed by atoms with E-state index in [-0.39, 0.29) is 17.2 Å². The zero-order chi connectivity index (χ0) is 22.3. The summed E-state index contributed by atoms with van der Waals surface area (Å²) in [5.74, 6) is 0.131. The van der Waals surface area contributed by atoms with Gasteiger partial charge < -0.3 is 14.7 Å². The lowest BCUT2D eigenvalue weighted by Gasteiger charge is -2.69. The molecule has 0 radical (unpaired) electrons. The third-order valence-corrected chi connectivity index (χ3v) is 7.74. The summed E-state index contributed by atoms with van der Waals surface area (Å²) in [6.45, 7) is 0.612. The van der Waals surface area contributed by atoms with Crippen LogP contribution in [0.3, 0.4) is 0 Å². The molecule has 168 valence electrons. The normalized spacial score (nSPS) is 26.5. The Morgan fingerprint density at radius 1 is 1.09 bits per heavy atom. The summed E-state index contributed by atoms with van der Waals surface area (Å²) >= 11 is 0. The first-order valence-corrected chi connectivity index (χ1v) is 11.6. The molecule has 4 aliphatic rings. The second-order valence-corrected chi connectivity index (χ2v) is 10.0. The van der Waals surface area contributed by atoms with Gasteiger partial charge in [-0.1, -0.05) is 31.4 Å². The Morgan fingerprint density at radius 3 is 2.50 bits per heavy atom. The highest BCUT2D eigenvalue weighted by molar-refractivity contribution is 5.96. The molecule has 2 aromatic rings. The van der Waals surface area contributed by atoms with Crippen molar-refractivity contribution in [3.8, 4) is 17.0 Å². The number of amides is 1. The van der Waals surface area contributed by atoms with Crippen LogP contribution < -0.4 is 9.64 Å². The topological polar surface area (TPSA) is 79.7 Å². The van der Waals surface area contributed by atoms with E-state index in [4.69, 9.17) is 4.74 Å². The lowest BCUT2D eigenvalue weighted by molar-refractivity contribution is -0.218. The maximum atomic E-state index is 13.7. The number of carbonyl (C=O) groups is 2. The quantitative estimate of drug-likeness (QED) is 0.669. The number of carboxylic acid groups (broad SMARTS) is 1. The zero-order valence-corrected chi connectivity index (χ0v) is 18.5.